The van der Waals surface area contributed by atoms with Gasteiger partial charge >= 0.3 is 0 Å². The van der Waals surface area contributed by atoms with E-state index >= 15 is 0 Å². The predicted molar refractivity (Wildman–Crippen MR) is 97.9 cm³/mol. The van der Waals surface area contributed by atoms with Crippen molar-refractivity contribution in [2.45, 2.75) is 32.4 Å². The number of halogens is 1. The highest BCUT2D eigenvalue weighted by atomic mass is 79.9. The van der Waals surface area contributed by atoms with Crippen LogP contribution in [0.2, 0.25) is 25.7 Å². The Bertz CT molecular complexity index is 666. The van der Waals surface area contributed by atoms with E-state index in [0.29, 0.717) is 29.3 Å². The quantitative estimate of drug-likeness (QED) is 0.251. The van der Waals surface area contributed by atoms with Gasteiger partial charge in [0, 0.05) is 26.3 Å². The van der Waals surface area contributed by atoms with Gasteiger partial charge in [-0.05, 0) is 22.0 Å². The van der Waals surface area contributed by atoms with Crippen LogP contribution >= 0.6 is 15.9 Å². The number of rotatable bonds is 7. The molecule has 0 aliphatic rings. The first-order valence-corrected chi connectivity index (χ1v) is 12.0. The summed E-state index contributed by atoms with van der Waals surface area (Å²) in [6, 6.07) is 12.4. The van der Waals surface area contributed by atoms with Crippen LogP contribution in [-0.2, 0) is 11.5 Å². The predicted octanol–water partition coefficient (Wildman–Crippen LogP) is 4.18. The van der Waals surface area contributed by atoms with Crippen molar-refractivity contribution in [3.63, 3.8) is 0 Å². The van der Waals surface area contributed by atoms with Crippen molar-refractivity contribution in [3.8, 4) is 0 Å². The van der Waals surface area contributed by atoms with Gasteiger partial charge in [-0.3, -0.25) is 0 Å². The van der Waals surface area contributed by atoms with Crippen molar-refractivity contribution in [3.05, 3.63) is 52.3 Å². The van der Waals surface area contributed by atoms with E-state index in [1.807, 2.05) is 36.4 Å². The number of benzene rings is 1. The van der Waals surface area contributed by atoms with Crippen LogP contribution in [0.3, 0.4) is 0 Å². The molecule has 0 amide bonds. The lowest BCUT2D eigenvalue weighted by molar-refractivity contribution is 0.0779. The summed E-state index contributed by atoms with van der Waals surface area (Å²) < 4.78 is 8.14. The van der Waals surface area contributed by atoms with Crippen LogP contribution < -0.4 is 0 Å². The molecule has 124 valence electrons. The average Bonchev–Trinajstić information content (AvgIpc) is 2.85. The zero-order chi connectivity index (χ0) is 16.9. The average molecular weight is 396 g/mol. The van der Waals surface area contributed by atoms with Crippen molar-refractivity contribution in [2.24, 2.45) is 5.16 Å². The van der Waals surface area contributed by atoms with Gasteiger partial charge in [-0.15, -0.1) is 0 Å². The van der Waals surface area contributed by atoms with Gasteiger partial charge in [-0.2, -0.15) is 5.10 Å². The van der Waals surface area contributed by atoms with E-state index in [1.54, 1.807) is 4.68 Å². The summed E-state index contributed by atoms with van der Waals surface area (Å²) in [6.45, 7) is 8.00. The Morgan fingerprint density at radius 1 is 1.30 bits per heavy atom. The number of aromatic nitrogens is 2. The first-order valence-electron chi connectivity index (χ1n) is 7.49. The number of ether oxygens (including phenoxy) is 1. The first kappa shape index (κ1) is 17.9. The van der Waals surface area contributed by atoms with E-state index in [-0.39, 0.29) is 0 Å². The van der Waals surface area contributed by atoms with E-state index < -0.39 is 8.07 Å². The highest BCUT2D eigenvalue weighted by Gasteiger charge is 2.16. The molecular weight excluding hydrogens is 374 g/mol. The summed E-state index contributed by atoms with van der Waals surface area (Å²) in [5, 5.41) is 17.3. The van der Waals surface area contributed by atoms with Crippen LogP contribution in [0.4, 0.5) is 0 Å². The highest BCUT2D eigenvalue weighted by Crippen LogP contribution is 2.17. The Morgan fingerprint density at radius 2 is 2.00 bits per heavy atom. The Balaban J connectivity index is 2.14. The van der Waals surface area contributed by atoms with E-state index in [9.17, 15) is 5.21 Å². The minimum Gasteiger partial charge on any atom is -0.410 e. The molecule has 0 saturated carbocycles. The third-order valence-electron chi connectivity index (χ3n) is 3.35. The van der Waals surface area contributed by atoms with Crippen LogP contribution in [0.25, 0.3) is 0 Å². The summed E-state index contributed by atoms with van der Waals surface area (Å²) in [6.07, 6.45) is 0. The second kappa shape index (κ2) is 7.90. The molecule has 1 N–H and O–H groups in total. The minimum absolute atomic E-state index is 0.331. The summed E-state index contributed by atoms with van der Waals surface area (Å²) in [5.74, 6) is 0. The van der Waals surface area contributed by atoms with Gasteiger partial charge in [0.2, 0.25) is 0 Å². The molecule has 0 radical (unpaired) electrons. The van der Waals surface area contributed by atoms with Gasteiger partial charge in [0.15, 0.2) is 0 Å². The van der Waals surface area contributed by atoms with Crippen molar-refractivity contribution in [1.82, 2.24) is 9.78 Å². The van der Waals surface area contributed by atoms with Gasteiger partial charge in [0.1, 0.15) is 17.0 Å². The minimum atomic E-state index is -1.11. The fourth-order valence-electron chi connectivity index (χ4n) is 2.06. The third kappa shape index (κ3) is 5.30. The SMILES string of the molecule is C[Si](C)(C)CCOCn1nc(Br)cc1C(=NO)c1ccccc1. The molecule has 0 fully saturated rings. The molecule has 0 atom stereocenters. The Morgan fingerprint density at radius 3 is 2.61 bits per heavy atom. The lowest BCUT2D eigenvalue weighted by atomic mass is 10.1. The fraction of sp³-hybridized carbons (Fsp3) is 0.375. The normalized spacial score (nSPS) is 12.6. The fourth-order valence-corrected chi connectivity index (χ4v) is 3.22. The molecule has 1 aromatic carbocycles. The van der Waals surface area contributed by atoms with Crippen molar-refractivity contribution < 1.29 is 9.94 Å². The topological polar surface area (TPSA) is 59.6 Å². The van der Waals surface area contributed by atoms with Crippen molar-refractivity contribution >= 4 is 29.7 Å². The van der Waals surface area contributed by atoms with E-state index in [2.05, 4.69) is 45.8 Å². The smallest absolute Gasteiger partial charge is 0.140 e. The van der Waals surface area contributed by atoms with Crippen molar-refractivity contribution in [2.75, 3.05) is 6.61 Å². The first-order chi connectivity index (χ1) is 10.9. The van der Waals surface area contributed by atoms with Crippen LogP contribution in [0.15, 0.2) is 46.2 Å². The van der Waals surface area contributed by atoms with E-state index in [1.165, 1.54) is 0 Å². The van der Waals surface area contributed by atoms with Gasteiger partial charge < -0.3 is 9.94 Å². The number of nitrogens with zero attached hydrogens (tertiary/aromatic N) is 3. The molecule has 0 saturated heterocycles. The van der Waals surface area contributed by atoms with Gasteiger partial charge in [0.05, 0.1) is 5.69 Å². The second-order valence-corrected chi connectivity index (χ2v) is 12.9. The molecule has 0 unspecified atom stereocenters. The summed E-state index contributed by atoms with van der Waals surface area (Å²) >= 11 is 3.38. The van der Waals surface area contributed by atoms with E-state index in [4.69, 9.17) is 4.74 Å². The van der Waals surface area contributed by atoms with Gasteiger partial charge in [0.25, 0.3) is 0 Å². The number of oxime groups is 1. The molecule has 2 rings (SSSR count). The van der Waals surface area contributed by atoms with E-state index in [0.717, 1.165) is 11.6 Å². The van der Waals surface area contributed by atoms with Gasteiger partial charge in [-0.1, -0.05) is 55.1 Å². The molecule has 23 heavy (non-hydrogen) atoms. The highest BCUT2D eigenvalue weighted by molar-refractivity contribution is 9.10. The summed E-state index contributed by atoms with van der Waals surface area (Å²) in [5.41, 5.74) is 2.00. The molecule has 1 aromatic heterocycles. The maximum atomic E-state index is 9.44. The Kier molecular flexibility index (Phi) is 6.15. The zero-order valence-electron chi connectivity index (χ0n) is 13.7. The van der Waals surface area contributed by atoms with Crippen LogP contribution in [0.5, 0.6) is 0 Å². The third-order valence-corrected chi connectivity index (χ3v) is 5.44. The summed E-state index contributed by atoms with van der Waals surface area (Å²) in [4.78, 5) is 0. The standard InChI is InChI=1S/C16H22BrN3O2Si/c1-23(2,3)10-9-22-12-20-14(11-15(17)18-20)16(19-21)13-7-5-4-6-8-13/h4-8,11,21H,9-10,12H2,1-3H3. The molecule has 0 aliphatic heterocycles. The molecule has 5 nitrogen and oxygen atoms in total. The maximum Gasteiger partial charge on any atom is 0.140 e. The molecular formula is C16H22BrN3O2Si. The lowest BCUT2D eigenvalue weighted by Gasteiger charge is -2.16. The molecule has 2 aromatic rings. The maximum absolute atomic E-state index is 9.44. The summed E-state index contributed by atoms with van der Waals surface area (Å²) in [7, 11) is -1.11. The molecule has 1 heterocycles. The largest absolute Gasteiger partial charge is 0.410 e. The number of hydrogen-bond donors (Lipinski definition) is 1. The number of hydrogen-bond acceptors (Lipinski definition) is 4. The molecule has 7 heteroatoms. The monoisotopic (exact) mass is 395 g/mol. The lowest BCUT2D eigenvalue weighted by Crippen LogP contribution is -2.22. The van der Waals surface area contributed by atoms with Crippen LogP contribution in [0.1, 0.15) is 11.3 Å². The van der Waals surface area contributed by atoms with Gasteiger partial charge in [-0.25, -0.2) is 4.68 Å². The Labute approximate surface area is 146 Å². The molecule has 0 bridgehead atoms. The zero-order valence-corrected chi connectivity index (χ0v) is 16.2. The van der Waals surface area contributed by atoms with Crippen molar-refractivity contribution in [1.29, 1.82) is 0 Å². The molecule has 0 spiro atoms. The van der Waals surface area contributed by atoms with Crippen LogP contribution in [0, 0.1) is 0 Å². The Hall–Kier alpha value is -1.44. The second-order valence-electron chi connectivity index (χ2n) is 6.51. The molecule has 0 aliphatic carbocycles. The van der Waals surface area contributed by atoms with Crippen LogP contribution in [-0.4, -0.2) is 35.4 Å².